The number of aliphatic imine (C=N–C) groups is 1. The maximum Gasteiger partial charge on any atom is 0.157 e. The van der Waals surface area contributed by atoms with Gasteiger partial charge in [-0.15, -0.1) is 0 Å². The van der Waals surface area contributed by atoms with Gasteiger partial charge in [0.2, 0.25) is 0 Å². The Hall–Kier alpha value is -0.180. The van der Waals surface area contributed by atoms with Crippen LogP contribution in [0.25, 0.3) is 0 Å². The average molecular weight is 172 g/mol. The molecule has 1 heterocycles. The Morgan fingerprint density at radius 2 is 2.55 bits per heavy atom. The van der Waals surface area contributed by atoms with Crippen molar-refractivity contribution in [1.82, 2.24) is 5.32 Å². The fourth-order valence-corrected chi connectivity index (χ4v) is 1.82. The van der Waals surface area contributed by atoms with Crippen LogP contribution >= 0.6 is 11.8 Å². The zero-order valence-corrected chi connectivity index (χ0v) is 8.24. The van der Waals surface area contributed by atoms with Crippen molar-refractivity contribution < 1.29 is 0 Å². The Morgan fingerprint density at radius 3 is 3.00 bits per heavy atom. The topological polar surface area (TPSA) is 24.4 Å². The van der Waals surface area contributed by atoms with E-state index in [-0.39, 0.29) is 0 Å². The number of thioether (sulfide) groups is 1. The van der Waals surface area contributed by atoms with E-state index < -0.39 is 0 Å². The van der Waals surface area contributed by atoms with Crippen molar-refractivity contribution in [3.63, 3.8) is 0 Å². The van der Waals surface area contributed by atoms with Crippen molar-refractivity contribution in [3.8, 4) is 0 Å². The number of hydrogen-bond donors (Lipinski definition) is 1. The molecule has 0 saturated carbocycles. The first-order chi connectivity index (χ1) is 5.22. The molecule has 0 radical (unpaired) electrons. The smallest absolute Gasteiger partial charge is 0.157 e. The van der Waals surface area contributed by atoms with Gasteiger partial charge in [0.25, 0.3) is 0 Å². The lowest BCUT2D eigenvalue weighted by molar-refractivity contribution is 0.646. The monoisotopic (exact) mass is 172 g/mol. The number of hydrogen-bond acceptors (Lipinski definition) is 3. The lowest BCUT2D eigenvalue weighted by Gasteiger charge is -2.11. The third-order valence-corrected chi connectivity index (χ3v) is 2.81. The van der Waals surface area contributed by atoms with Crippen molar-refractivity contribution in [1.29, 1.82) is 0 Å². The van der Waals surface area contributed by atoms with Gasteiger partial charge < -0.3 is 5.32 Å². The summed E-state index contributed by atoms with van der Waals surface area (Å²) in [6, 6.07) is 0.562. The van der Waals surface area contributed by atoms with Crippen LogP contribution in [-0.4, -0.2) is 23.0 Å². The largest absolute Gasteiger partial charge is 0.362 e. The van der Waals surface area contributed by atoms with Crippen LogP contribution in [0, 0.1) is 0 Å². The van der Waals surface area contributed by atoms with Gasteiger partial charge in [-0.2, -0.15) is 0 Å². The lowest BCUT2D eigenvalue weighted by atomic mass is 10.3. The van der Waals surface area contributed by atoms with Crippen molar-refractivity contribution in [2.24, 2.45) is 4.99 Å². The van der Waals surface area contributed by atoms with Crippen LogP contribution in [-0.2, 0) is 0 Å². The van der Waals surface area contributed by atoms with Crippen LogP contribution < -0.4 is 5.32 Å². The molecule has 0 unspecified atom stereocenters. The number of amidine groups is 1. The van der Waals surface area contributed by atoms with E-state index in [0.29, 0.717) is 11.3 Å². The summed E-state index contributed by atoms with van der Waals surface area (Å²) in [7, 11) is 0. The molecule has 2 nitrogen and oxygen atoms in total. The molecule has 3 heteroatoms. The minimum absolute atomic E-state index is 0.562. The Bertz CT molecular complexity index is 156. The maximum atomic E-state index is 4.37. The molecular formula is C8H16N2S. The van der Waals surface area contributed by atoms with E-state index in [2.05, 4.69) is 31.1 Å². The normalized spacial score (nSPS) is 26.5. The second-order valence-corrected chi connectivity index (χ2v) is 4.46. The minimum Gasteiger partial charge on any atom is -0.362 e. The van der Waals surface area contributed by atoms with E-state index in [1.807, 2.05) is 11.8 Å². The molecule has 0 aromatic rings. The van der Waals surface area contributed by atoms with E-state index in [0.717, 1.165) is 18.1 Å². The molecule has 0 aromatic carbocycles. The molecule has 0 saturated heterocycles. The molecule has 1 aliphatic heterocycles. The molecular weight excluding hydrogens is 156 g/mol. The minimum atomic E-state index is 0.562. The average Bonchev–Trinajstić information content (AvgIpc) is 2.35. The van der Waals surface area contributed by atoms with Crippen LogP contribution in [0.1, 0.15) is 27.2 Å². The molecule has 1 N–H and O–H groups in total. The molecule has 0 aromatic heterocycles. The van der Waals surface area contributed by atoms with Crippen molar-refractivity contribution in [3.05, 3.63) is 0 Å². The highest BCUT2D eigenvalue weighted by molar-refractivity contribution is 8.14. The molecule has 0 amide bonds. The molecule has 0 fully saturated rings. The first-order valence-electron chi connectivity index (χ1n) is 4.20. The molecule has 11 heavy (non-hydrogen) atoms. The Kier molecular flexibility index (Phi) is 3.24. The van der Waals surface area contributed by atoms with Gasteiger partial charge in [0, 0.05) is 11.3 Å². The van der Waals surface area contributed by atoms with Crippen LogP contribution in [0.2, 0.25) is 0 Å². The highest BCUT2D eigenvalue weighted by Crippen LogP contribution is 2.18. The second-order valence-electron chi connectivity index (χ2n) is 3.03. The zero-order valence-electron chi connectivity index (χ0n) is 7.42. The van der Waals surface area contributed by atoms with E-state index in [1.165, 1.54) is 0 Å². The van der Waals surface area contributed by atoms with Crippen LogP contribution in [0.3, 0.4) is 0 Å². The van der Waals surface area contributed by atoms with Gasteiger partial charge in [-0.25, -0.2) is 0 Å². The quantitative estimate of drug-likeness (QED) is 0.687. The fraction of sp³-hybridized carbons (Fsp3) is 0.875. The van der Waals surface area contributed by atoms with Crippen LogP contribution in [0.15, 0.2) is 4.99 Å². The number of nitrogens with zero attached hydrogens (tertiary/aromatic N) is 1. The summed E-state index contributed by atoms with van der Waals surface area (Å²) in [4.78, 5) is 4.37. The molecule has 0 spiro atoms. The number of rotatable bonds is 2. The fourth-order valence-electron chi connectivity index (χ4n) is 0.869. The van der Waals surface area contributed by atoms with Crippen molar-refractivity contribution in [2.45, 2.75) is 38.5 Å². The zero-order chi connectivity index (χ0) is 8.27. The van der Waals surface area contributed by atoms with Gasteiger partial charge in [0.15, 0.2) is 5.17 Å². The van der Waals surface area contributed by atoms with E-state index in [4.69, 9.17) is 0 Å². The first-order valence-corrected chi connectivity index (χ1v) is 5.08. The van der Waals surface area contributed by atoms with Gasteiger partial charge in [-0.3, -0.25) is 4.99 Å². The van der Waals surface area contributed by atoms with Crippen molar-refractivity contribution in [2.75, 3.05) is 6.54 Å². The summed E-state index contributed by atoms with van der Waals surface area (Å²) in [5, 5.41) is 5.17. The second kappa shape index (κ2) is 4.00. The number of nitrogens with one attached hydrogen (secondary N) is 1. The van der Waals surface area contributed by atoms with Crippen LogP contribution in [0.4, 0.5) is 0 Å². The third kappa shape index (κ3) is 2.73. The van der Waals surface area contributed by atoms with Gasteiger partial charge in [0.05, 0.1) is 6.54 Å². The van der Waals surface area contributed by atoms with E-state index in [1.54, 1.807) is 0 Å². The summed E-state index contributed by atoms with van der Waals surface area (Å²) in [6.07, 6.45) is 1.16. The van der Waals surface area contributed by atoms with Gasteiger partial charge in [-0.1, -0.05) is 25.6 Å². The molecule has 64 valence electrons. The third-order valence-electron chi connectivity index (χ3n) is 1.79. The molecule has 0 aliphatic carbocycles. The summed E-state index contributed by atoms with van der Waals surface area (Å²) in [5.74, 6) is 0. The molecule has 1 aliphatic rings. The maximum absolute atomic E-state index is 4.37. The SMILES string of the molecule is CC[C@@H](C)NC1=NC[C@H](C)S1. The van der Waals surface area contributed by atoms with Crippen molar-refractivity contribution >= 4 is 16.9 Å². The highest BCUT2D eigenvalue weighted by atomic mass is 32.2. The van der Waals surface area contributed by atoms with E-state index in [9.17, 15) is 0 Å². The first kappa shape index (κ1) is 8.91. The standard InChI is InChI=1S/C8H16N2S/c1-4-6(2)10-8-9-5-7(3)11-8/h6-7H,4-5H2,1-3H3,(H,9,10)/t6-,7+/m1/s1. The van der Waals surface area contributed by atoms with E-state index >= 15 is 0 Å². The van der Waals surface area contributed by atoms with Gasteiger partial charge in [-0.05, 0) is 13.3 Å². The Labute approximate surface area is 72.9 Å². The highest BCUT2D eigenvalue weighted by Gasteiger charge is 2.15. The predicted molar refractivity (Wildman–Crippen MR) is 52.2 cm³/mol. The Balaban J connectivity index is 2.27. The summed E-state index contributed by atoms with van der Waals surface area (Å²) in [6.45, 7) is 7.55. The van der Waals surface area contributed by atoms with Crippen LogP contribution in [0.5, 0.6) is 0 Å². The molecule has 0 bridgehead atoms. The Morgan fingerprint density at radius 1 is 1.82 bits per heavy atom. The summed E-state index contributed by atoms with van der Waals surface area (Å²) in [5.41, 5.74) is 0. The molecule has 2 atom stereocenters. The predicted octanol–water partition coefficient (Wildman–Crippen LogP) is 1.87. The summed E-state index contributed by atoms with van der Waals surface area (Å²) >= 11 is 1.85. The van der Waals surface area contributed by atoms with Gasteiger partial charge >= 0.3 is 0 Å². The van der Waals surface area contributed by atoms with Gasteiger partial charge in [0.1, 0.15) is 0 Å². The summed E-state index contributed by atoms with van der Waals surface area (Å²) < 4.78 is 0. The molecule has 1 rings (SSSR count). The lowest BCUT2D eigenvalue weighted by Crippen LogP contribution is -2.29.